The number of amides is 1. The number of aliphatic hydroxyl groups is 2. The van der Waals surface area contributed by atoms with Gasteiger partial charge in [-0.1, -0.05) is 45.1 Å². The minimum Gasteiger partial charge on any atom is -0.505 e. The van der Waals surface area contributed by atoms with E-state index in [1.807, 2.05) is 26.8 Å². The number of carbonyl (C=O) groups excluding carboxylic acids is 1. The smallest absolute Gasteiger partial charge is 0.279 e. The summed E-state index contributed by atoms with van der Waals surface area (Å²) in [4.78, 5) is 16.8. The molecule has 1 amide bonds. The monoisotopic (exact) mass is 513 g/mol. The third-order valence-corrected chi connectivity index (χ3v) is 5.83. The second-order valence-corrected chi connectivity index (χ2v) is 11.1. The Labute approximate surface area is 211 Å². The number of benzene rings is 1. The summed E-state index contributed by atoms with van der Waals surface area (Å²) in [5.74, 6) is -0.612. The minimum absolute atomic E-state index is 0.0975. The van der Waals surface area contributed by atoms with Crippen molar-refractivity contribution >= 4 is 33.4 Å². The Bertz CT molecular complexity index is 1310. The summed E-state index contributed by atoms with van der Waals surface area (Å²) in [5, 5.41) is 23.1. The summed E-state index contributed by atoms with van der Waals surface area (Å²) >= 11 is 0. The van der Waals surface area contributed by atoms with Gasteiger partial charge in [0, 0.05) is 22.4 Å². The lowest BCUT2D eigenvalue weighted by Crippen LogP contribution is -2.30. The zero-order chi connectivity index (χ0) is 26.5. The topological polar surface area (TPSA) is 137 Å². The number of anilines is 1. The van der Waals surface area contributed by atoms with E-state index in [1.54, 1.807) is 48.6 Å². The van der Waals surface area contributed by atoms with Gasteiger partial charge in [-0.25, -0.2) is 13.4 Å². The number of carbonyl (C=O) groups is 1. The molecule has 0 fully saturated rings. The molecule has 2 heterocycles. The van der Waals surface area contributed by atoms with Crippen molar-refractivity contribution in [2.24, 2.45) is 10.4 Å². The van der Waals surface area contributed by atoms with Crippen LogP contribution in [0.25, 0.3) is 6.08 Å². The lowest BCUT2D eigenvalue weighted by molar-refractivity contribution is -0.114. The van der Waals surface area contributed by atoms with Crippen LogP contribution in [0.2, 0.25) is 0 Å². The van der Waals surface area contributed by atoms with Gasteiger partial charge in [-0.3, -0.25) is 9.52 Å². The van der Waals surface area contributed by atoms with Crippen molar-refractivity contribution < 1.29 is 28.2 Å². The number of allylic oxidation sites excluding steroid dienone is 4. The van der Waals surface area contributed by atoms with Gasteiger partial charge in [0.05, 0.1) is 43.1 Å². The van der Waals surface area contributed by atoms with Gasteiger partial charge >= 0.3 is 0 Å². The number of nitrogens with one attached hydrogen (secondary N) is 2. The highest BCUT2D eigenvalue weighted by atomic mass is 32.2. The van der Waals surface area contributed by atoms with Crippen molar-refractivity contribution in [3.05, 3.63) is 82.4 Å². The first-order valence-electron chi connectivity index (χ1n) is 11.3. The molecule has 0 saturated heterocycles. The number of hydrogen-bond acceptors (Lipinski definition) is 7. The minimum atomic E-state index is -3.37. The molecular weight excluding hydrogens is 482 g/mol. The number of ether oxygens (including phenoxy) is 1. The number of aliphatic hydroxyl groups excluding tert-OH is 2. The maximum absolute atomic E-state index is 12.8. The van der Waals surface area contributed by atoms with Gasteiger partial charge in [-0.05, 0) is 35.9 Å². The van der Waals surface area contributed by atoms with Crippen LogP contribution in [0.3, 0.4) is 0 Å². The van der Waals surface area contributed by atoms with Crippen molar-refractivity contribution in [1.29, 1.82) is 0 Å². The molecular formula is C26H31N3O6S. The van der Waals surface area contributed by atoms with Crippen molar-refractivity contribution in [3.63, 3.8) is 0 Å². The molecule has 10 heteroatoms. The van der Waals surface area contributed by atoms with Gasteiger partial charge in [0.15, 0.2) is 0 Å². The fraction of sp³-hybridized carbons (Fsp3) is 0.308. The highest BCUT2D eigenvalue weighted by Gasteiger charge is 2.28. The van der Waals surface area contributed by atoms with E-state index in [0.29, 0.717) is 17.0 Å². The zero-order valence-electron chi connectivity index (χ0n) is 20.7. The Balaban J connectivity index is 1.93. The predicted octanol–water partition coefficient (Wildman–Crippen LogP) is 3.22. The number of sulfonamides is 1. The van der Waals surface area contributed by atoms with Gasteiger partial charge in [0.1, 0.15) is 5.76 Å². The molecule has 9 nitrogen and oxygen atoms in total. The first kappa shape index (κ1) is 27.1. The zero-order valence-corrected chi connectivity index (χ0v) is 21.5. The quantitative estimate of drug-likeness (QED) is 0.309. The molecule has 0 spiro atoms. The molecule has 192 valence electrons. The normalized spacial score (nSPS) is 18.9. The van der Waals surface area contributed by atoms with E-state index in [2.05, 4.69) is 15.0 Å². The highest BCUT2D eigenvalue weighted by molar-refractivity contribution is 7.92. The van der Waals surface area contributed by atoms with Crippen LogP contribution in [0, 0.1) is 5.41 Å². The standard InChI is InChI=1S/C26H31N3O6S/c1-26(2,3)22-15-18(8-5-17-6-9-19(10-7-17)29-36(4,33)34)24(31)23(28-22)21-12-11-20(27-25(21)32)16-35-14-13-30/h5-12,15,28-31H,13-14,16H2,1-4H3. The molecule has 4 N–H and O–H groups in total. The molecule has 3 rings (SSSR count). The fourth-order valence-electron chi connectivity index (χ4n) is 3.38. The summed E-state index contributed by atoms with van der Waals surface area (Å²) in [6.07, 6.45) is 9.66. The average molecular weight is 514 g/mol. The Morgan fingerprint density at radius 2 is 1.83 bits per heavy atom. The Morgan fingerprint density at radius 3 is 2.42 bits per heavy atom. The van der Waals surface area contributed by atoms with E-state index in [4.69, 9.17) is 9.84 Å². The van der Waals surface area contributed by atoms with Crippen molar-refractivity contribution in [2.75, 3.05) is 30.8 Å². The molecule has 36 heavy (non-hydrogen) atoms. The average Bonchev–Trinajstić information content (AvgIpc) is 2.78. The highest BCUT2D eigenvalue weighted by Crippen LogP contribution is 2.33. The van der Waals surface area contributed by atoms with Crippen LogP contribution in [0.15, 0.2) is 81.9 Å². The number of hydrogen-bond donors (Lipinski definition) is 4. The van der Waals surface area contributed by atoms with Gasteiger partial charge in [-0.15, -0.1) is 0 Å². The van der Waals surface area contributed by atoms with E-state index in [9.17, 15) is 18.3 Å². The third kappa shape index (κ3) is 7.27. The third-order valence-electron chi connectivity index (χ3n) is 5.22. The van der Waals surface area contributed by atoms with E-state index in [0.717, 1.165) is 17.5 Å². The summed E-state index contributed by atoms with van der Waals surface area (Å²) in [6.45, 7) is 6.16. The van der Waals surface area contributed by atoms with Crippen LogP contribution in [0.4, 0.5) is 5.69 Å². The van der Waals surface area contributed by atoms with Gasteiger partial charge in [0.2, 0.25) is 10.0 Å². The molecule has 0 bridgehead atoms. The second-order valence-electron chi connectivity index (χ2n) is 9.37. The Kier molecular flexibility index (Phi) is 8.34. The van der Waals surface area contributed by atoms with Crippen LogP contribution >= 0.6 is 0 Å². The Morgan fingerprint density at radius 1 is 1.14 bits per heavy atom. The van der Waals surface area contributed by atoms with Crippen LogP contribution in [-0.4, -0.2) is 56.3 Å². The lowest BCUT2D eigenvalue weighted by Gasteiger charge is -2.30. The van der Waals surface area contributed by atoms with Gasteiger partial charge < -0.3 is 20.3 Å². The molecule has 0 atom stereocenters. The van der Waals surface area contributed by atoms with Gasteiger partial charge in [-0.2, -0.15) is 0 Å². The molecule has 1 aromatic carbocycles. The van der Waals surface area contributed by atoms with E-state index in [-0.39, 0.29) is 42.3 Å². The Hall–Kier alpha value is -3.47. The van der Waals surface area contributed by atoms with Crippen molar-refractivity contribution in [1.82, 2.24) is 5.32 Å². The fourth-order valence-corrected chi connectivity index (χ4v) is 3.94. The summed E-state index contributed by atoms with van der Waals surface area (Å²) in [7, 11) is -3.37. The van der Waals surface area contributed by atoms with Gasteiger partial charge in [0.25, 0.3) is 5.91 Å². The van der Waals surface area contributed by atoms with E-state index < -0.39 is 15.9 Å². The maximum atomic E-state index is 12.8. The largest absolute Gasteiger partial charge is 0.505 e. The van der Waals surface area contributed by atoms with Crippen LogP contribution in [0.5, 0.6) is 0 Å². The predicted molar refractivity (Wildman–Crippen MR) is 141 cm³/mol. The summed E-state index contributed by atoms with van der Waals surface area (Å²) in [6, 6.07) is 6.79. The van der Waals surface area contributed by atoms with Crippen LogP contribution < -0.4 is 10.0 Å². The number of aliphatic imine (C=N–C) groups is 1. The van der Waals surface area contributed by atoms with Crippen molar-refractivity contribution in [2.45, 2.75) is 20.8 Å². The molecule has 0 radical (unpaired) electrons. The van der Waals surface area contributed by atoms with Crippen LogP contribution in [-0.2, 0) is 19.6 Å². The molecule has 0 aromatic heterocycles. The first-order valence-corrected chi connectivity index (χ1v) is 13.2. The number of nitrogens with zero attached hydrogens (tertiary/aromatic N) is 1. The molecule has 0 unspecified atom stereocenters. The first-order chi connectivity index (χ1) is 16.9. The SMILES string of the molecule is CC(C)(C)C1=CC(C=Cc2ccc(NS(C)(=O)=O)cc2)=C(O)C(=C2C=CC(COCCO)=NC2=O)N1. The molecule has 0 aliphatic carbocycles. The number of dihydropyridines is 2. The number of rotatable bonds is 8. The summed E-state index contributed by atoms with van der Waals surface area (Å²) in [5.41, 5.74) is 3.14. The van der Waals surface area contributed by atoms with E-state index in [1.165, 1.54) is 0 Å². The molecule has 0 saturated carbocycles. The molecule has 2 aliphatic rings. The van der Waals surface area contributed by atoms with E-state index >= 15 is 0 Å². The summed E-state index contributed by atoms with van der Waals surface area (Å²) < 4.78 is 30.4. The second kappa shape index (κ2) is 11.1. The lowest BCUT2D eigenvalue weighted by atomic mass is 9.87. The van der Waals surface area contributed by atoms with Crippen LogP contribution in [0.1, 0.15) is 26.3 Å². The maximum Gasteiger partial charge on any atom is 0.279 e. The molecule has 1 aromatic rings. The van der Waals surface area contributed by atoms with Crippen molar-refractivity contribution in [3.8, 4) is 0 Å². The molecule has 2 aliphatic heterocycles.